The van der Waals surface area contributed by atoms with E-state index in [4.69, 9.17) is 17.3 Å². The lowest BCUT2D eigenvalue weighted by Gasteiger charge is -2.35. The van der Waals surface area contributed by atoms with E-state index < -0.39 is 0 Å². The highest BCUT2D eigenvalue weighted by Crippen LogP contribution is 2.37. The van der Waals surface area contributed by atoms with Crippen LogP contribution in [0.1, 0.15) is 30.7 Å². The fraction of sp³-hybridized carbons (Fsp3) is 0.667. The van der Waals surface area contributed by atoms with Gasteiger partial charge < -0.3 is 5.73 Å². The highest BCUT2D eigenvalue weighted by molar-refractivity contribution is 9.10. The monoisotopic (exact) mass is 336 g/mol. The van der Waals surface area contributed by atoms with Crippen molar-refractivity contribution in [1.82, 2.24) is 4.90 Å². The Morgan fingerprint density at radius 1 is 1.59 bits per heavy atom. The summed E-state index contributed by atoms with van der Waals surface area (Å²) in [5, 5.41) is 0. The van der Waals surface area contributed by atoms with Gasteiger partial charge in [0.05, 0.1) is 6.04 Å². The molecule has 1 aromatic rings. The van der Waals surface area contributed by atoms with Gasteiger partial charge in [0, 0.05) is 15.9 Å². The summed E-state index contributed by atoms with van der Waals surface area (Å²) >= 11 is 11.2. The lowest BCUT2D eigenvalue weighted by atomic mass is 9.97. The number of hydrogen-bond donors (Lipinski definition) is 1. The molecule has 2 nitrogen and oxygen atoms in total. The van der Waals surface area contributed by atoms with Crippen molar-refractivity contribution >= 4 is 38.9 Å². The summed E-state index contributed by atoms with van der Waals surface area (Å²) in [7, 11) is 0. The van der Waals surface area contributed by atoms with Gasteiger partial charge in [0.25, 0.3) is 0 Å². The van der Waals surface area contributed by atoms with E-state index in [0.29, 0.717) is 12.6 Å². The second-order valence-electron chi connectivity index (χ2n) is 4.74. The van der Waals surface area contributed by atoms with E-state index in [9.17, 15) is 0 Å². The Hall–Kier alpha value is 0.390. The molecule has 0 spiro atoms. The normalized spacial score (nSPS) is 20.7. The van der Waals surface area contributed by atoms with E-state index in [2.05, 4.69) is 33.8 Å². The van der Waals surface area contributed by atoms with Crippen molar-refractivity contribution in [1.29, 1.82) is 0 Å². The third kappa shape index (κ3) is 3.24. The Kier molecular flexibility index (Phi) is 4.89. The van der Waals surface area contributed by atoms with Crippen LogP contribution in [0.4, 0.5) is 0 Å². The largest absolute Gasteiger partial charge is 0.329 e. The van der Waals surface area contributed by atoms with Crippen LogP contribution >= 0.6 is 38.9 Å². The van der Waals surface area contributed by atoms with Crippen molar-refractivity contribution in [3.8, 4) is 0 Å². The second kappa shape index (κ2) is 6.02. The Labute approximate surface area is 120 Å². The molecule has 5 heteroatoms. The quantitative estimate of drug-likeness (QED) is 0.906. The number of nitrogens with two attached hydrogens (primary N) is 1. The van der Waals surface area contributed by atoms with Crippen molar-refractivity contribution in [3.63, 3.8) is 0 Å². The zero-order chi connectivity index (χ0) is 12.4. The summed E-state index contributed by atoms with van der Waals surface area (Å²) < 4.78 is 1.81. The molecule has 0 saturated carbocycles. The lowest BCUT2D eigenvalue weighted by molar-refractivity contribution is 0.143. The zero-order valence-electron chi connectivity index (χ0n) is 9.96. The van der Waals surface area contributed by atoms with Gasteiger partial charge in [0.1, 0.15) is 4.34 Å². The molecule has 1 aliphatic rings. The average Bonchev–Trinajstić information content (AvgIpc) is 2.63. The number of likely N-dealkylation sites (tertiary alicyclic amines) is 1. The molecule has 1 saturated heterocycles. The van der Waals surface area contributed by atoms with Gasteiger partial charge >= 0.3 is 0 Å². The number of halogens is 2. The molecule has 2 heterocycles. The summed E-state index contributed by atoms with van der Waals surface area (Å²) in [6.45, 7) is 5.29. The molecular formula is C12H18BrClN2S. The van der Waals surface area contributed by atoms with Crippen LogP contribution in [-0.4, -0.2) is 24.5 Å². The van der Waals surface area contributed by atoms with Gasteiger partial charge in [-0.15, -0.1) is 11.3 Å². The number of piperidine rings is 1. The summed E-state index contributed by atoms with van der Waals surface area (Å²) in [4.78, 5) is 3.77. The minimum Gasteiger partial charge on any atom is -0.329 e. The van der Waals surface area contributed by atoms with Gasteiger partial charge in [-0.2, -0.15) is 0 Å². The fourth-order valence-corrected chi connectivity index (χ4v) is 4.20. The first-order chi connectivity index (χ1) is 8.11. The minimum absolute atomic E-state index is 0.330. The maximum Gasteiger partial charge on any atom is 0.107 e. The molecule has 0 bridgehead atoms. The highest BCUT2D eigenvalue weighted by Gasteiger charge is 2.25. The van der Waals surface area contributed by atoms with E-state index in [1.54, 1.807) is 11.3 Å². The van der Waals surface area contributed by atoms with E-state index in [1.807, 2.05) is 0 Å². The van der Waals surface area contributed by atoms with E-state index in [-0.39, 0.29) is 0 Å². The second-order valence-corrected chi connectivity index (χ2v) is 7.28. The topological polar surface area (TPSA) is 29.3 Å². The molecule has 1 unspecified atom stereocenters. The Morgan fingerprint density at radius 2 is 2.24 bits per heavy atom. The maximum absolute atomic E-state index is 6.10. The van der Waals surface area contributed by atoms with Crippen LogP contribution in [0.25, 0.3) is 0 Å². The fourth-order valence-electron chi connectivity index (χ4n) is 2.31. The molecule has 0 radical (unpaired) electrons. The highest BCUT2D eigenvalue weighted by atomic mass is 79.9. The van der Waals surface area contributed by atoms with Crippen molar-refractivity contribution < 1.29 is 0 Å². The van der Waals surface area contributed by atoms with Gasteiger partial charge in [0.2, 0.25) is 0 Å². The van der Waals surface area contributed by atoms with Crippen molar-refractivity contribution in [3.05, 3.63) is 19.8 Å². The first-order valence-electron chi connectivity index (χ1n) is 6.00. The van der Waals surface area contributed by atoms with Crippen LogP contribution in [0.3, 0.4) is 0 Å². The average molecular weight is 338 g/mol. The summed E-state index contributed by atoms with van der Waals surface area (Å²) in [6.07, 6.45) is 2.55. The molecule has 17 heavy (non-hydrogen) atoms. The van der Waals surface area contributed by atoms with Crippen LogP contribution in [-0.2, 0) is 0 Å². The van der Waals surface area contributed by atoms with Crippen LogP contribution in [0.5, 0.6) is 0 Å². The van der Waals surface area contributed by atoms with Crippen LogP contribution in [0, 0.1) is 5.92 Å². The smallest absolute Gasteiger partial charge is 0.107 e. The minimum atomic E-state index is 0.330. The maximum atomic E-state index is 6.10. The number of rotatable bonds is 3. The number of thiophene rings is 1. The van der Waals surface area contributed by atoms with Gasteiger partial charge in [0.15, 0.2) is 0 Å². The molecule has 2 rings (SSSR count). The Morgan fingerprint density at radius 3 is 2.71 bits per heavy atom. The molecule has 1 aliphatic heterocycles. The molecule has 0 aliphatic carbocycles. The Bertz CT molecular complexity index is 355. The van der Waals surface area contributed by atoms with E-state index >= 15 is 0 Å². The predicted molar refractivity (Wildman–Crippen MR) is 78.8 cm³/mol. The van der Waals surface area contributed by atoms with Crippen LogP contribution < -0.4 is 5.73 Å². The Balaban J connectivity index is 2.10. The first-order valence-corrected chi connectivity index (χ1v) is 7.99. The summed E-state index contributed by atoms with van der Waals surface area (Å²) in [5.74, 6) is 0.850. The van der Waals surface area contributed by atoms with Gasteiger partial charge in [-0.3, -0.25) is 4.90 Å². The molecule has 1 fully saturated rings. The number of nitrogens with zero attached hydrogens (tertiary/aromatic N) is 1. The molecule has 0 aromatic carbocycles. The summed E-state index contributed by atoms with van der Waals surface area (Å²) in [5.41, 5.74) is 5.94. The predicted octanol–water partition coefficient (Wildman–Crippen LogP) is 3.90. The SMILES string of the molecule is CC1CCN(C(CN)c2cc(Br)c(Cl)s2)CC1. The van der Waals surface area contributed by atoms with Gasteiger partial charge in [-0.25, -0.2) is 0 Å². The molecule has 1 atom stereocenters. The van der Waals surface area contributed by atoms with Crippen LogP contribution in [0.2, 0.25) is 4.34 Å². The summed E-state index contributed by atoms with van der Waals surface area (Å²) in [6, 6.07) is 2.44. The zero-order valence-corrected chi connectivity index (χ0v) is 13.1. The van der Waals surface area contributed by atoms with Crippen LogP contribution in [0.15, 0.2) is 10.5 Å². The standard InChI is InChI=1S/C12H18BrClN2S/c1-8-2-4-16(5-3-8)10(7-15)11-6-9(13)12(14)17-11/h6,8,10H,2-5,7,15H2,1H3. The molecule has 96 valence electrons. The van der Waals surface area contributed by atoms with Crippen molar-refractivity contribution in [2.75, 3.05) is 19.6 Å². The first kappa shape index (κ1) is 13.8. The molecule has 1 aromatic heterocycles. The van der Waals surface area contributed by atoms with Crippen molar-refractivity contribution in [2.24, 2.45) is 11.7 Å². The molecule has 0 amide bonds. The van der Waals surface area contributed by atoms with E-state index in [0.717, 1.165) is 27.8 Å². The third-order valence-corrected chi connectivity index (χ3v) is 6.05. The van der Waals surface area contributed by atoms with Gasteiger partial charge in [-0.05, 0) is 53.8 Å². The third-order valence-electron chi connectivity index (χ3n) is 3.47. The molecular weight excluding hydrogens is 320 g/mol. The van der Waals surface area contributed by atoms with Crippen molar-refractivity contribution in [2.45, 2.75) is 25.8 Å². The van der Waals surface area contributed by atoms with E-state index in [1.165, 1.54) is 17.7 Å². The van der Waals surface area contributed by atoms with Gasteiger partial charge in [-0.1, -0.05) is 18.5 Å². The number of hydrogen-bond acceptors (Lipinski definition) is 3. The molecule has 2 N–H and O–H groups in total. The lowest BCUT2D eigenvalue weighted by Crippen LogP contribution is -2.39.